The Kier molecular flexibility index (Phi) is 5.64. The average Bonchev–Trinajstić information content (AvgIpc) is 3.13. The molecule has 0 bridgehead atoms. The van der Waals surface area contributed by atoms with Crippen LogP contribution in [0.1, 0.15) is 19.5 Å². The molecule has 32 heavy (non-hydrogen) atoms. The Morgan fingerprint density at radius 1 is 0.875 bits per heavy atom. The predicted octanol–water partition coefficient (Wildman–Crippen LogP) is 4.57. The molecule has 0 atom stereocenters. The summed E-state index contributed by atoms with van der Waals surface area (Å²) in [4.78, 5) is 4.93. The number of imidazole rings is 1. The van der Waals surface area contributed by atoms with E-state index in [1.807, 2.05) is 37.3 Å². The van der Waals surface area contributed by atoms with E-state index in [1.54, 1.807) is 56.8 Å². The van der Waals surface area contributed by atoms with E-state index in [0.717, 1.165) is 28.2 Å². The number of ether oxygens (including phenoxy) is 2. The third-order valence-corrected chi connectivity index (χ3v) is 7.58. The van der Waals surface area contributed by atoms with Crippen molar-refractivity contribution in [1.29, 1.82) is 0 Å². The van der Waals surface area contributed by atoms with Gasteiger partial charge in [-0.05, 0) is 63.2 Å². The number of aromatic nitrogens is 3. The molecule has 0 fully saturated rings. The summed E-state index contributed by atoms with van der Waals surface area (Å²) in [6.07, 6.45) is 0. The maximum Gasteiger partial charge on any atom is 0.180 e. The van der Waals surface area contributed by atoms with E-state index in [0.29, 0.717) is 22.0 Å². The second-order valence-electron chi connectivity index (χ2n) is 7.72. The van der Waals surface area contributed by atoms with Crippen LogP contribution in [-0.4, -0.2) is 42.5 Å². The fourth-order valence-corrected chi connectivity index (χ4v) is 4.66. The van der Waals surface area contributed by atoms with Crippen LogP contribution in [0.4, 0.5) is 0 Å². The molecule has 0 N–H and O–H groups in total. The highest BCUT2D eigenvalue weighted by Gasteiger charge is 2.20. The average molecular weight is 452 g/mol. The number of hydrogen-bond acceptors (Lipinski definition) is 6. The molecular formula is C24H25N3O4S. The first kappa shape index (κ1) is 21.8. The van der Waals surface area contributed by atoms with Crippen molar-refractivity contribution in [2.75, 3.05) is 14.2 Å². The molecule has 8 heteroatoms. The SMILES string of the molecule is COc1ccc(-c2ccc3nc(C)c(-c4ccc(S(=O)(=O)C(C)C)cc4)n3n2)cc1OC. The minimum atomic E-state index is -3.33. The van der Waals surface area contributed by atoms with E-state index in [-0.39, 0.29) is 0 Å². The van der Waals surface area contributed by atoms with Crippen LogP contribution in [0.5, 0.6) is 11.5 Å². The normalized spacial score (nSPS) is 11.8. The van der Waals surface area contributed by atoms with Crippen molar-refractivity contribution in [3.63, 3.8) is 0 Å². The van der Waals surface area contributed by atoms with Gasteiger partial charge in [-0.3, -0.25) is 0 Å². The molecule has 4 rings (SSSR count). The Hall–Kier alpha value is -3.39. The Balaban J connectivity index is 1.81. The summed E-state index contributed by atoms with van der Waals surface area (Å²) in [5, 5.41) is 4.34. The summed E-state index contributed by atoms with van der Waals surface area (Å²) >= 11 is 0. The molecule has 0 aliphatic heterocycles. The van der Waals surface area contributed by atoms with Crippen molar-refractivity contribution in [1.82, 2.24) is 14.6 Å². The molecule has 7 nitrogen and oxygen atoms in total. The van der Waals surface area contributed by atoms with Crippen LogP contribution in [-0.2, 0) is 9.84 Å². The zero-order valence-electron chi connectivity index (χ0n) is 18.7. The molecule has 0 spiro atoms. The molecule has 0 amide bonds. The van der Waals surface area contributed by atoms with E-state index < -0.39 is 15.1 Å². The quantitative estimate of drug-likeness (QED) is 0.427. The van der Waals surface area contributed by atoms with Gasteiger partial charge < -0.3 is 9.47 Å². The number of aryl methyl sites for hydroxylation is 1. The molecule has 4 aromatic rings. The second kappa shape index (κ2) is 8.27. The van der Waals surface area contributed by atoms with E-state index >= 15 is 0 Å². The largest absolute Gasteiger partial charge is 0.493 e. The van der Waals surface area contributed by atoms with Crippen molar-refractivity contribution in [3.8, 4) is 34.0 Å². The zero-order valence-corrected chi connectivity index (χ0v) is 19.5. The molecule has 0 saturated carbocycles. The fourth-order valence-electron chi connectivity index (χ4n) is 3.60. The van der Waals surface area contributed by atoms with Gasteiger partial charge in [0.15, 0.2) is 27.0 Å². The second-order valence-corrected chi connectivity index (χ2v) is 10.2. The summed E-state index contributed by atoms with van der Waals surface area (Å²) in [7, 11) is -0.137. The smallest absolute Gasteiger partial charge is 0.180 e. The summed E-state index contributed by atoms with van der Waals surface area (Å²) in [5.41, 5.74) is 4.80. The zero-order chi connectivity index (χ0) is 23.0. The molecule has 0 radical (unpaired) electrons. The lowest BCUT2D eigenvalue weighted by Gasteiger charge is -2.10. The van der Waals surface area contributed by atoms with Crippen molar-refractivity contribution < 1.29 is 17.9 Å². The number of nitrogens with zero attached hydrogens (tertiary/aromatic N) is 3. The van der Waals surface area contributed by atoms with Gasteiger partial charge in [-0.15, -0.1) is 0 Å². The Morgan fingerprint density at radius 3 is 2.16 bits per heavy atom. The van der Waals surface area contributed by atoms with Gasteiger partial charge in [0.1, 0.15) is 0 Å². The van der Waals surface area contributed by atoms with E-state index in [2.05, 4.69) is 4.98 Å². The Morgan fingerprint density at radius 2 is 1.53 bits per heavy atom. The first-order chi connectivity index (χ1) is 15.3. The molecule has 2 aromatic carbocycles. The summed E-state index contributed by atoms with van der Waals surface area (Å²) < 4.78 is 37.4. The summed E-state index contributed by atoms with van der Waals surface area (Å²) in [5.74, 6) is 1.27. The summed E-state index contributed by atoms with van der Waals surface area (Å²) in [6.45, 7) is 5.27. The van der Waals surface area contributed by atoms with Crippen LogP contribution >= 0.6 is 0 Å². The highest BCUT2D eigenvalue weighted by atomic mass is 32.2. The van der Waals surface area contributed by atoms with Crippen molar-refractivity contribution in [2.45, 2.75) is 30.9 Å². The van der Waals surface area contributed by atoms with Crippen LogP contribution in [0, 0.1) is 6.92 Å². The van der Waals surface area contributed by atoms with Crippen LogP contribution in [0.25, 0.3) is 28.2 Å². The van der Waals surface area contributed by atoms with Crippen molar-refractivity contribution >= 4 is 15.5 Å². The molecule has 166 valence electrons. The van der Waals surface area contributed by atoms with Crippen LogP contribution < -0.4 is 9.47 Å². The Labute approximate surface area is 187 Å². The number of fused-ring (bicyclic) bond motifs is 1. The van der Waals surface area contributed by atoms with E-state index in [1.165, 1.54) is 0 Å². The van der Waals surface area contributed by atoms with Crippen LogP contribution in [0.15, 0.2) is 59.5 Å². The number of sulfone groups is 1. The molecule has 2 heterocycles. The minimum Gasteiger partial charge on any atom is -0.493 e. The maximum atomic E-state index is 12.5. The molecular weight excluding hydrogens is 426 g/mol. The minimum absolute atomic E-state index is 0.307. The molecule has 0 saturated heterocycles. The topological polar surface area (TPSA) is 82.8 Å². The van der Waals surface area contributed by atoms with Crippen molar-refractivity contribution in [3.05, 3.63) is 60.3 Å². The van der Waals surface area contributed by atoms with Gasteiger partial charge in [0.25, 0.3) is 0 Å². The van der Waals surface area contributed by atoms with Gasteiger partial charge in [0, 0.05) is 11.1 Å². The lowest BCUT2D eigenvalue weighted by Crippen LogP contribution is -2.13. The molecule has 2 aromatic heterocycles. The standard InChI is InChI=1S/C24H25N3O4S/c1-15(2)32(28,29)19-9-6-17(7-10-19)24-16(3)25-23-13-11-20(26-27(23)24)18-8-12-21(30-4)22(14-18)31-5/h6-15H,1-5H3. The number of methoxy groups -OCH3 is 2. The maximum absolute atomic E-state index is 12.5. The first-order valence-corrected chi connectivity index (χ1v) is 11.7. The van der Waals surface area contributed by atoms with Gasteiger partial charge in [-0.1, -0.05) is 12.1 Å². The van der Waals surface area contributed by atoms with Crippen molar-refractivity contribution in [2.24, 2.45) is 0 Å². The number of rotatable bonds is 6. The van der Waals surface area contributed by atoms with Gasteiger partial charge in [-0.2, -0.15) is 5.10 Å². The molecule has 0 unspecified atom stereocenters. The van der Waals surface area contributed by atoms with Gasteiger partial charge in [-0.25, -0.2) is 17.9 Å². The molecule has 0 aliphatic rings. The summed E-state index contributed by atoms with van der Waals surface area (Å²) in [6, 6.07) is 16.3. The van der Waals surface area contributed by atoms with E-state index in [9.17, 15) is 8.42 Å². The van der Waals surface area contributed by atoms with Gasteiger partial charge in [0.05, 0.1) is 41.4 Å². The van der Waals surface area contributed by atoms with Gasteiger partial charge >= 0.3 is 0 Å². The highest BCUT2D eigenvalue weighted by Crippen LogP contribution is 2.32. The number of hydrogen-bond donors (Lipinski definition) is 0. The van der Waals surface area contributed by atoms with E-state index in [4.69, 9.17) is 14.6 Å². The van der Waals surface area contributed by atoms with Crippen LogP contribution in [0.3, 0.4) is 0 Å². The predicted molar refractivity (Wildman–Crippen MR) is 124 cm³/mol. The number of benzene rings is 2. The Bertz CT molecular complexity index is 1390. The lowest BCUT2D eigenvalue weighted by molar-refractivity contribution is 0.355. The monoisotopic (exact) mass is 451 g/mol. The lowest BCUT2D eigenvalue weighted by atomic mass is 10.1. The highest BCUT2D eigenvalue weighted by molar-refractivity contribution is 7.92. The fraction of sp³-hybridized carbons (Fsp3) is 0.250. The first-order valence-electron chi connectivity index (χ1n) is 10.2. The molecule has 0 aliphatic carbocycles. The third-order valence-electron chi connectivity index (χ3n) is 5.41. The van der Waals surface area contributed by atoms with Crippen LogP contribution in [0.2, 0.25) is 0 Å². The van der Waals surface area contributed by atoms with Gasteiger partial charge in [0.2, 0.25) is 0 Å². The third kappa shape index (κ3) is 3.71.